The summed E-state index contributed by atoms with van der Waals surface area (Å²) >= 11 is 0. The molecule has 0 saturated carbocycles. The molecule has 19 heavy (non-hydrogen) atoms. The lowest BCUT2D eigenvalue weighted by molar-refractivity contribution is -0.148. The standard InChI is InChI=1S/C13H16N4O2/c1-4-13(7-14,8-15)11(12(18)19-3)5-10-6-16-9-17(10)2/h6,9,11H,4-5H2,1-3H3. The summed E-state index contributed by atoms with van der Waals surface area (Å²) < 4.78 is 6.50. The highest BCUT2D eigenvalue weighted by Gasteiger charge is 2.44. The van der Waals surface area contributed by atoms with Crippen LogP contribution in [-0.4, -0.2) is 22.6 Å². The minimum atomic E-state index is -1.38. The first-order valence-electron chi connectivity index (χ1n) is 5.90. The maximum atomic E-state index is 11.9. The van der Waals surface area contributed by atoms with Gasteiger partial charge in [-0.15, -0.1) is 0 Å². The second-order valence-corrected chi connectivity index (χ2v) is 4.32. The van der Waals surface area contributed by atoms with E-state index in [0.717, 1.165) is 5.69 Å². The van der Waals surface area contributed by atoms with Crippen molar-refractivity contribution < 1.29 is 9.53 Å². The van der Waals surface area contributed by atoms with Crippen LogP contribution in [-0.2, 0) is 23.0 Å². The van der Waals surface area contributed by atoms with Crippen molar-refractivity contribution in [3.63, 3.8) is 0 Å². The molecule has 0 spiro atoms. The van der Waals surface area contributed by atoms with Crippen LogP contribution in [0.3, 0.4) is 0 Å². The molecule has 100 valence electrons. The molecule has 0 aromatic carbocycles. The summed E-state index contributed by atoms with van der Waals surface area (Å²) in [5.41, 5.74) is -0.601. The van der Waals surface area contributed by atoms with Gasteiger partial charge in [-0.1, -0.05) is 6.92 Å². The van der Waals surface area contributed by atoms with Gasteiger partial charge in [-0.2, -0.15) is 10.5 Å². The molecule has 0 aliphatic heterocycles. The normalized spacial score (nSPS) is 12.3. The Hall–Kier alpha value is -2.34. The largest absolute Gasteiger partial charge is 0.469 e. The van der Waals surface area contributed by atoms with E-state index in [9.17, 15) is 15.3 Å². The van der Waals surface area contributed by atoms with Crippen LogP contribution >= 0.6 is 0 Å². The summed E-state index contributed by atoms with van der Waals surface area (Å²) in [6.45, 7) is 1.71. The van der Waals surface area contributed by atoms with Gasteiger partial charge >= 0.3 is 5.97 Å². The predicted molar refractivity (Wildman–Crippen MR) is 66.4 cm³/mol. The number of aromatic nitrogens is 2. The number of carbonyl (C=O) groups excluding carboxylic acids is 1. The molecule has 1 unspecified atom stereocenters. The van der Waals surface area contributed by atoms with E-state index in [1.54, 1.807) is 31.1 Å². The summed E-state index contributed by atoms with van der Waals surface area (Å²) in [6, 6.07) is 3.94. The van der Waals surface area contributed by atoms with Crippen LogP contribution in [0.4, 0.5) is 0 Å². The Kier molecular flexibility index (Phi) is 4.66. The summed E-state index contributed by atoms with van der Waals surface area (Å²) in [6.07, 6.45) is 3.73. The van der Waals surface area contributed by atoms with Crippen molar-refractivity contribution in [3.05, 3.63) is 18.2 Å². The molecule has 6 nitrogen and oxygen atoms in total. The lowest BCUT2D eigenvalue weighted by Crippen LogP contribution is -2.36. The number of aryl methyl sites for hydroxylation is 1. The molecular weight excluding hydrogens is 244 g/mol. The molecule has 0 N–H and O–H groups in total. The number of nitriles is 2. The fourth-order valence-corrected chi connectivity index (χ4v) is 1.98. The van der Waals surface area contributed by atoms with Crippen LogP contribution in [0, 0.1) is 34.0 Å². The van der Waals surface area contributed by atoms with Gasteiger partial charge in [0.1, 0.15) is 0 Å². The number of hydrogen-bond acceptors (Lipinski definition) is 5. The first-order valence-corrected chi connectivity index (χ1v) is 5.90. The van der Waals surface area contributed by atoms with Gasteiger partial charge in [0, 0.05) is 25.4 Å². The third-order valence-electron chi connectivity index (χ3n) is 3.37. The topological polar surface area (TPSA) is 91.7 Å². The Balaban J connectivity index is 3.17. The zero-order chi connectivity index (χ0) is 14.5. The molecule has 0 aliphatic carbocycles. The highest BCUT2D eigenvalue weighted by Crippen LogP contribution is 2.33. The fraction of sp³-hybridized carbons (Fsp3) is 0.538. The van der Waals surface area contributed by atoms with E-state index in [1.165, 1.54) is 7.11 Å². The molecule has 1 aromatic heterocycles. The van der Waals surface area contributed by atoms with E-state index < -0.39 is 17.3 Å². The number of imidazole rings is 1. The molecule has 1 atom stereocenters. The van der Waals surface area contributed by atoms with Gasteiger partial charge < -0.3 is 9.30 Å². The van der Waals surface area contributed by atoms with Gasteiger partial charge in [-0.05, 0) is 6.42 Å². The average molecular weight is 260 g/mol. The molecule has 0 saturated heterocycles. The molecular formula is C13H16N4O2. The van der Waals surface area contributed by atoms with Crippen molar-refractivity contribution in [1.29, 1.82) is 10.5 Å². The maximum Gasteiger partial charge on any atom is 0.311 e. The van der Waals surface area contributed by atoms with E-state index >= 15 is 0 Å². The average Bonchev–Trinajstić information content (AvgIpc) is 2.84. The maximum absolute atomic E-state index is 11.9. The Bertz CT molecular complexity index is 522. The molecule has 1 heterocycles. The van der Waals surface area contributed by atoms with Crippen molar-refractivity contribution in [2.75, 3.05) is 7.11 Å². The number of ether oxygens (including phenoxy) is 1. The molecule has 1 aromatic rings. The monoisotopic (exact) mass is 260 g/mol. The summed E-state index contributed by atoms with van der Waals surface area (Å²) in [5, 5.41) is 18.6. The Morgan fingerprint density at radius 3 is 2.58 bits per heavy atom. The van der Waals surface area contributed by atoms with Gasteiger partial charge in [0.25, 0.3) is 0 Å². The Morgan fingerprint density at radius 2 is 2.21 bits per heavy atom. The molecule has 0 amide bonds. The highest BCUT2D eigenvalue weighted by atomic mass is 16.5. The molecule has 0 aliphatic rings. The molecule has 0 fully saturated rings. The van der Waals surface area contributed by atoms with Gasteiger partial charge in [0.05, 0.1) is 31.5 Å². The summed E-state index contributed by atoms with van der Waals surface area (Å²) in [7, 11) is 3.05. The lowest BCUT2D eigenvalue weighted by atomic mass is 9.73. The van der Waals surface area contributed by atoms with Crippen LogP contribution in [0.2, 0.25) is 0 Å². The number of esters is 1. The second-order valence-electron chi connectivity index (χ2n) is 4.32. The first kappa shape index (κ1) is 14.7. The Morgan fingerprint density at radius 1 is 1.58 bits per heavy atom. The van der Waals surface area contributed by atoms with Crippen LogP contribution in [0.25, 0.3) is 0 Å². The number of methoxy groups -OCH3 is 1. The van der Waals surface area contributed by atoms with E-state index in [4.69, 9.17) is 4.74 Å². The van der Waals surface area contributed by atoms with E-state index in [1.807, 2.05) is 12.1 Å². The van der Waals surface area contributed by atoms with Crippen molar-refractivity contribution in [2.45, 2.75) is 19.8 Å². The zero-order valence-electron chi connectivity index (χ0n) is 11.3. The summed E-state index contributed by atoms with van der Waals surface area (Å²) in [5.74, 6) is -1.38. The van der Waals surface area contributed by atoms with Crippen molar-refractivity contribution in [2.24, 2.45) is 18.4 Å². The molecule has 0 bridgehead atoms. The van der Waals surface area contributed by atoms with Gasteiger partial charge in [0.15, 0.2) is 5.41 Å². The third kappa shape index (κ3) is 2.74. The van der Waals surface area contributed by atoms with Crippen LogP contribution in [0.15, 0.2) is 12.5 Å². The smallest absolute Gasteiger partial charge is 0.311 e. The quantitative estimate of drug-likeness (QED) is 0.741. The number of hydrogen-bond donors (Lipinski definition) is 0. The number of carbonyl (C=O) groups is 1. The molecule has 1 rings (SSSR count). The minimum Gasteiger partial charge on any atom is -0.469 e. The van der Waals surface area contributed by atoms with Crippen LogP contribution in [0.1, 0.15) is 19.0 Å². The second kappa shape index (κ2) is 6.01. The van der Waals surface area contributed by atoms with Crippen molar-refractivity contribution in [3.8, 4) is 12.1 Å². The van der Waals surface area contributed by atoms with E-state index in [2.05, 4.69) is 4.98 Å². The van der Waals surface area contributed by atoms with Crippen molar-refractivity contribution >= 4 is 5.97 Å². The number of rotatable bonds is 5. The SMILES string of the molecule is CCC(C#N)(C#N)C(Cc1cncn1C)C(=O)OC. The first-order chi connectivity index (χ1) is 9.04. The van der Waals surface area contributed by atoms with Gasteiger partial charge in [-0.3, -0.25) is 4.79 Å². The molecule has 6 heteroatoms. The lowest BCUT2D eigenvalue weighted by Gasteiger charge is -2.25. The summed E-state index contributed by atoms with van der Waals surface area (Å²) in [4.78, 5) is 15.9. The highest BCUT2D eigenvalue weighted by molar-refractivity contribution is 5.75. The predicted octanol–water partition coefficient (Wildman–Crippen LogP) is 1.20. The molecule has 0 radical (unpaired) electrons. The fourth-order valence-electron chi connectivity index (χ4n) is 1.98. The Labute approximate surface area is 112 Å². The zero-order valence-corrected chi connectivity index (χ0v) is 11.3. The van der Waals surface area contributed by atoms with E-state index in [-0.39, 0.29) is 12.8 Å². The van der Waals surface area contributed by atoms with Gasteiger partial charge in [-0.25, -0.2) is 4.98 Å². The minimum absolute atomic E-state index is 0.248. The van der Waals surface area contributed by atoms with E-state index in [0.29, 0.717) is 0 Å². The van der Waals surface area contributed by atoms with Crippen molar-refractivity contribution in [1.82, 2.24) is 9.55 Å². The third-order valence-corrected chi connectivity index (χ3v) is 3.37. The van der Waals surface area contributed by atoms with Crippen LogP contribution < -0.4 is 0 Å². The van der Waals surface area contributed by atoms with Gasteiger partial charge in [0.2, 0.25) is 0 Å². The van der Waals surface area contributed by atoms with Crippen LogP contribution in [0.5, 0.6) is 0 Å². The number of nitrogens with zero attached hydrogens (tertiary/aromatic N) is 4.